The number of nitrogens with zero attached hydrogens (tertiary/aromatic N) is 1. The standard InChI is InChI=1S/C20H27NO/c21-15-20(16-7-3-1-4-8-16,17-9-5-2-6-10-17)18-11-13-19(22)14-12-18/h11-14,16-17,22H,1-10H2. The van der Waals surface area contributed by atoms with E-state index < -0.39 is 0 Å². The van der Waals surface area contributed by atoms with Crippen molar-refractivity contribution in [2.24, 2.45) is 11.8 Å². The van der Waals surface area contributed by atoms with Gasteiger partial charge >= 0.3 is 0 Å². The lowest BCUT2D eigenvalue weighted by molar-refractivity contribution is 0.146. The van der Waals surface area contributed by atoms with Gasteiger partial charge in [0, 0.05) is 0 Å². The molecule has 2 aliphatic rings. The van der Waals surface area contributed by atoms with Crippen LogP contribution in [0.15, 0.2) is 24.3 Å². The summed E-state index contributed by atoms with van der Waals surface area (Å²) in [6.07, 6.45) is 12.4. The largest absolute Gasteiger partial charge is 0.508 e. The van der Waals surface area contributed by atoms with E-state index in [-0.39, 0.29) is 5.41 Å². The summed E-state index contributed by atoms with van der Waals surface area (Å²) in [6, 6.07) is 10.3. The highest BCUT2D eigenvalue weighted by molar-refractivity contribution is 5.38. The SMILES string of the molecule is N#CC(c1ccc(O)cc1)(C1CCCCC1)C1CCCCC1. The van der Waals surface area contributed by atoms with Crippen LogP contribution in [0.4, 0.5) is 0 Å². The Morgan fingerprint density at radius 3 is 1.68 bits per heavy atom. The summed E-state index contributed by atoms with van der Waals surface area (Å²) in [6.45, 7) is 0. The van der Waals surface area contributed by atoms with Gasteiger partial charge in [-0.15, -0.1) is 0 Å². The summed E-state index contributed by atoms with van der Waals surface area (Å²) in [4.78, 5) is 0. The minimum absolute atomic E-state index is 0.294. The third-order valence-corrected chi connectivity index (χ3v) is 6.03. The van der Waals surface area contributed by atoms with Gasteiger partial charge in [0.2, 0.25) is 0 Å². The number of hydrogen-bond donors (Lipinski definition) is 1. The second-order valence-electron chi connectivity index (χ2n) is 7.20. The molecule has 0 amide bonds. The Labute approximate surface area is 134 Å². The Hall–Kier alpha value is -1.49. The zero-order valence-corrected chi connectivity index (χ0v) is 13.4. The molecule has 2 nitrogen and oxygen atoms in total. The maximum Gasteiger partial charge on any atom is 0.115 e. The van der Waals surface area contributed by atoms with Crippen LogP contribution in [-0.2, 0) is 5.41 Å². The van der Waals surface area contributed by atoms with Crippen molar-refractivity contribution in [3.05, 3.63) is 29.8 Å². The Morgan fingerprint density at radius 1 is 0.818 bits per heavy atom. The van der Waals surface area contributed by atoms with Gasteiger partial charge in [-0.1, -0.05) is 50.7 Å². The van der Waals surface area contributed by atoms with Crippen LogP contribution in [0.2, 0.25) is 0 Å². The summed E-state index contributed by atoms with van der Waals surface area (Å²) in [5, 5.41) is 19.9. The van der Waals surface area contributed by atoms with Gasteiger partial charge in [-0.3, -0.25) is 0 Å². The first-order valence-corrected chi connectivity index (χ1v) is 8.98. The first-order valence-electron chi connectivity index (χ1n) is 8.98. The average molecular weight is 297 g/mol. The normalized spacial score (nSPS) is 21.4. The van der Waals surface area contributed by atoms with E-state index in [1.807, 2.05) is 12.1 Å². The van der Waals surface area contributed by atoms with Crippen LogP contribution < -0.4 is 0 Å². The molecule has 0 heterocycles. The van der Waals surface area contributed by atoms with E-state index in [4.69, 9.17) is 0 Å². The molecule has 1 N–H and O–H groups in total. The van der Waals surface area contributed by atoms with E-state index in [0.29, 0.717) is 17.6 Å². The highest BCUT2D eigenvalue weighted by Gasteiger charge is 2.47. The van der Waals surface area contributed by atoms with Crippen LogP contribution in [0, 0.1) is 23.2 Å². The van der Waals surface area contributed by atoms with Crippen molar-refractivity contribution in [2.75, 3.05) is 0 Å². The van der Waals surface area contributed by atoms with Crippen LogP contribution in [0.25, 0.3) is 0 Å². The van der Waals surface area contributed by atoms with E-state index in [1.54, 1.807) is 12.1 Å². The topological polar surface area (TPSA) is 44.0 Å². The Kier molecular flexibility index (Phi) is 4.71. The van der Waals surface area contributed by atoms with Gasteiger partial charge < -0.3 is 5.11 Å². The Morgan fingerprint density at radius 2 is 1.27 bits per heavy atom. The number of rotatable bonds is 3. The van der Waals surface area contributed by atoms with Crippen molar-refractivity contribution in [1.29, 1.82) is 5.26 Å². The molecule has 0 radical (unpaired) electrons. The molecule has 1 aromatic carbocycles. The highest BCUT2D eigenvalue weighted by atomic mass is 16.3. The second-order valence-corrected chi connectivity index (χ2v) is 7.20. The first kappa shape index (κ1) is 15.4. The molecule has 0 saturated heterocycles. The summed E-state index contributed by atoms with van der Waals surface area (Å²) < 4.78 is 0. The number of phenols is 1. The molecule has 2 saturated carbocycles. The van der Waals surface area contributed by atoms with E-state index >= 15 is 0 Å². The molecule has 22 heavy (non-hydrogen) atoms. The first-order chi connectivity index (χ1) is 10.8. The molecule has 2 heteroatoms. The number of benzene rings is 1. The molecule has 0 spiro atoms. The number of nitriles is 1. The third kappa shape index (κ3) is 2.74. The Bertz CT molecular complexity index is 498. The van der Waals surface area contributed by atoms with Crippen molar-refractivity contribution < 1.29 is 5.11 Å². The molecular weight excluding hydrogens is 270 g/mol. The molecule has 0 aliphatic heterocycles. The number of hydrogen-bond acceptors (Lipinski definition) is 2. The predicted molar refractivity (Wildman–Crippen MR) is 88.5 cm³/mol. The Balaban J connectivity index is 2.02. The summed E-state index contributed by atoms with van der Waals surface area (Å²) in [7, 11) is 0. The van der Waals surface area contributed by atoms with Gasteiger partial charge in [0.1, 0.15) is 5.75 Å². The van der Waals surface area contributed by atoms with Gasteiger partial charge in [-0.05, 0) is 55.2 Å². The van der Waals surface area contributed by atoms with Crippen molar-refractivity contribution in [2.45, 2.75) is 69.6 Å². The lowest BCUT2D eigenvalue weighted by Crippen LogP contribution is -2.43. The molecule has 2 aliphatic carbocycles. The quantitative estimate of drug-likeness (QED) is 0.821. The van der Waals surface area contributed by atoms with Crippen molar-refractivity contribution in [1.82, 2.24) is 0 Å². The maximum absolute atomic E-state index is 10.3. The van der Waals surface area contributed by atoms with E-state index in [1.165, 1.54) is 64.2 Å². The molecule has 0 atom stereocenters. The fourth-order valence-electron chi connectivity index (χ4n) is 4.90. The summed E-state index contributed by atoms with van der Waals surface area (Å²) in [5.41, 5.74) is 0.806. The monoisotopic (exact) mass is 297 g/mol. The molecule has 0 unspecified atom stereocenters. The molecule has 3 rings (SSSR count). The van der Waals surface area contributed by atoms with Gasteiger partial charge in [0.15, 0.2) is 0 Å². The van der Waals surface area contributed by atoms with E-state index in [0.717, 1.165) is 5.56 Å². The molecule has 1 aromatic rings. The van der Waals surface area contributed by atoms with Crippen molar-refractivity contribution in [3.8, 4) is 11.8 Å². The number of phenolic OH excluding ortho intramolecular Hbond substituents is 1. The van der Waals surface area contributed by atoms with Gasteiger partial charge in [0.25, 0.3) is 0 Å². The summed E-state index contributed by atoms with van der Waals surface area (Å²) >= 11 is 0. The zero-order chi connectivity index (χ0) is 15.4. The molecule has 118 valence electrons. The predicted octanol–water partition coefficient (Wildman–Crippen LogP) is 5.31. The van der Waals surface area contributed by atoms with Crippen LogP contribution >= 0.6 is 0 Å². The van der Waals surface area contributed by atoms with Crippen molar-refractivity contribution in [3.63, 3.8) is 0 Å². The fraction of sp³-hybridized carbons (Fsp3) is 0.650. The minimum atomic E-state index is -0.339. The highest BCUT2D eigenvalue weighted by Crippen LogP contribution is 2.50. The summed E-state index contributed by atoms with van der Waals surface area (Å²) in [5.74, 6) is 1.26. The van der Waals surface area contributed by atoms with Crippen molar-refractivity contribution >= 4 is 0 Å². The van der Waals surface area contributed by atoms with Crippen LogP contribution in [0.3, 0.4) is 0 Å². The molecule has 2 fully saturated rings. The average Bonchev–Trinajstić information content (AvgIpc) is 2.59. The fourth-order valence-corrected chi connectivity index (χ4v) is 4.90. The maximum atomic E-state index is 10.3. The lowest BCUT2D eigenvalue weighted by atomic mass is 9.56. The third-order valence-electron chi connectivity index (χ3n) is 6.03. The zero-order valence-electron chi connectivity index (χ0n) is 13.4. The molecule has 0 bridgehead atoms. The van der Waals surface area contributed by atoms with Gasteiger partial charge in [0.05, 0.1) is 11.5 Å². The van der Waals surface area contributed by atoms with Crippen LogP contribution in [0.5, 0.6) is 5.75 Å². The van der Waals surface area contributed by atoms with Crippen LogP contribution in [-0.4, -0.2) is 5.11 Å². The molecular formula is C20H27NO. The van der Waals surface area contributed by atoms with Gasteiger partial charge in [-0.25, -0.2) is 0 Å². The second kappa shape index (κ2) is 6.73. The molecule has 0 aromatic heterocycles. The lowest BCUT2D eigenvalue weighted by Gasteiger charge is -2.45. The van der Waals surface area contributed by atoms with Crippen LogP contribution in [0.1, 0.15) is 69.8 Å². The van der Waals surface area contributed by atoms with E-state index in [2.05, 4.69) is 6.07 Å². The van der Waals surface area contributed by atoms with Gasteiger partial charge in [-0.2, -0.15) is 5.26 Å². The minimum Gasteiger partial charge on any atom is -0.508 e. The smallest absolute Gasteiger partial charge is 0.115 e. The number of aromatic hydroxyl groups is 1. The van der Waals surface area contributed by atoms with E-state index in [9.17, 15) is 10.4 Å².